The minimum absolute atomic E-state index is 0. The van der Waals surface area contributed by atoms with Crippen molar-refractivity contribution in [1.29, 1.82) is 0 Å². The number of rotatable bonds is 6. The fraction of sp³-hybridized carbons (Fsp3) is 0.882. The van der Waals surface area contributed by atoms with Gasteiger partial charge in [-0.2, -0.15) is 0 Å². The summed E-state index contributed by atoms with van der Waals surface area (Å²) in [4.78, 5) is 0. The smallest absolute Gasteiger partial charge is 0.125 e. The van der Waals surface area contributed by atoms with Gasteiger partial charge in [0, 0.05) is 12.8 Å². The second-order valence-corrected chi connectivity index (χ2v) is 6.01. The summed E-state index contributed by atoms with van der Waals surface area (Å²) in [6, 6.07) is 0. The molecule has 0 heterocycles. The maximum atomic E-state index is 10.3. The molecular weight excluding hydrogens is 361 g/mol. The van der Waals surface area contributed by atoms with Crippen molar-refractivity contribution in [2.75, 3.05) is 26.2 Å². The standard InChI is InChI=1S/C17H32NO.HI/c1-4-18(5-2,6-3)16-12-8-11-15-17(19)13-9-7-10-14-17;/h19H,4-10,12-14,16H2,1-3H3;1H/q+1;/p-1. The van der Waals surface area contributed by atoms with E-state index in [4.69, 9.17) is 0 Å². The number of aliphatic hydroxyl groups is 1. The van der Waals surface area contributed by atoms with Gasteiger partial charge in [-0.25, -0.2) is 0 Å². The molecule has 118 valence electrons. The molecular formula is C17H32INO. The lowest BCUT2D eigenvalue weighted by Crippen LogP contribution is -3.00. The Hall–Kier alpha value is 0.210. The van der Waals surface area contributed by atoms with E-state index in [1.807, 2.05) is 0 Å². The number of unbranched alkanes of at least 4 members (excludes halogenated alkanes) is 1. The summed E-state index contributed by atoms with van der Waals surface area (Å²) in [6.45, 7) is 11.7. The Bertz CT molecular complexity index is 300. The molecule has 1 aliphatic carbocycles. The van der Waals surface area contributed by atoms with Crippen molar-refractivity contribution < 1.29 is 33.6 Å². The minimum Gasteiger partial charge on any atom is -1.00 e. The van der Waals surface area contributed by atoms with Gasteiger partial charge in [0.15, 0.2) is 0 Å². The molecule has 1 rings (SSSR count). The molecule has 3 heteroatoms. The first-order valence-electron chi connectivity index (χ1n) is 8.17. The summed E-state index contributed by atoms with van der Waals surface area (Å²) in [5.74, 6) is 6.37. The number of hydrogen-bond donors (Lipinski definition) is 1. The third-order valence-electron chi connectivity index (χ3n) is 4.95. The molecule has 0 aromatic carbocycles. The van der Waals surface area contributed by atoms with E-state index in [1.54, 1.807) is 0 Å². The van der Waals surface area contributed by atoms with Gasteiger partial charge in [-0.3, -0.25) is 0 Å². The van der Waals surface area contributed by atoms with Crippen LogP contribution in [0.15, 0.2) is 0 Å². The second-order valence-electron chi connectivity index (χ2n) is 6.01. The van der Waals surface area contributed by atoms with E-state index >= 15 is 0 Å². The molecule has 0 atom stereocenters. The van der Waals surface area contributed by atoms with Crippen LogP contribution in [0.25, 0.3) is 0 Å². The third kappa shape index (κ3) is 6.32. The predicted octanol–water partition coefficient (Wildman–Crippen LogP) is 0.346. The molecule has 0 radical (unpaired) electrons. The molecule has 0 amide bonds. The zero-order valence-corrected chi connectivity index (χ0v) is 15.7. The lowest BCUT2D eigenvalue weighted by molar-refractivity contribution is -0.923. The molecule has 0 aromatic rings. The second kappa shape index (κ2) is 10.0. The summed E-state index contributed by atoms with van der Waals surface area (Å²) in [7, 11) is 0. The summed E-state index contributed by atoms with van der Waals surface area (Å²) < 4.78 is 1.20. The van der Waals surface area contributed by atoms with E-state index in [2.05, 4.69) is 32.6 Å². The van der Waals surface area contributed by atoms with Gasteiger partial charge in [0.25, 0.3) is 0 Å². The van der Waals surface area contributed by atoms with Gasteiger partial charge in [-0.1, -0.05) is 12.3 Å². The molecule has 0 aliphatic heterocycles. The molecule has 2 nitrogen and oxygen atoms in total. The molecule has 1 fully saturated rings. The Morgan fingerprint density at radius 1 is 1.00 bits per heavy atom. The van der Waals surface area contributed by atoms with Crippen LogP contribution in [0.3, 0.4) is 0 Å². The molecule has 1 saturated carbocycles. The van der Waals surface area contributed by atoms with Crippen LogP contribution in [0.2, 0.25) is 0 Å². The minimum atomic E-state index is -0.662. The van der Waals surface area contributed by atoms with Crippen molar-refractivity contribution >= 4 is 0 Å². The van der Waals surface area contributed by atoms with Crippen LogP contribution in [0.1, 0.15) is 65.7 Å². The fourth-order valence-corrected chi connectivity index (χ4v) is 3.14. The van der Waals surface area contributed by atoms with E-state index in [9.17, 15) is 5.11 Å². The van der Waals surface area contributed by atoms with E-state index in [0.717, 1.165) is 38.5 Å². The largest absolute Gasteiger partial charge is 1.00 e. The molecule has 0 spiro atoms. The first-order chi connectivity index (χ1) is 9.10. The molecule has 20 heavy (non-hydrogen) atoms. The van der Waals surface area contributed by atoms with Gasteiger partial charge in [0.2, 0.25) is 0 Å². The SMILES string of the molecule is CC[N+](CC)(CC)CCCC#CC1(O)CCCCC1.[I-]. The van der Waals surface area contributed by atoms with Crippen LogP contribution in [0, 0.1) is 11.8 Å². The molecule has 1 aliphatic rings. The molecule has 0 unspecified atom stereocenters. The average molecular weight is 393 g/mol. The normalized spacial score (nSPS) is 17.8. The average Bonchev–Trinajstić information content (AvgIpc) is 2.44. The lowest BCUT2D eigenvalue weighted by atomic mass is 9.85. The van der Waals surface area contributed by atoms with Gasteiger partial charge in [0.05, 0.1) is 26.2 Å². The number of hydrogen-bond acceptors (Lipinski definition) is 1. The Balaban J connectivity index is 0.00000361. The van der Waals surface area contributed by atoms with Crippen molar-refractivity contribution in [3.63, 3.8) is 0 Å². The van der Waals surface area contributed by atoms with Crippen LogP contribution < -0.4 is 24.0 Å². The molecule has 0 aromatic heterocycles. The van der Waals surface area contributed by atoms with Gasteiger partial charge >= 0.3 is 0 Å². The number of quaternary nitrogens is 1. The van der Waals surface area contributed by atoms with Gasteiger partial charge in [-0.05, 0) is 46.5 Å². The lowest BCUT2D eigenvalue weighted by Gasteiger charge is -2.35. The Kier molecular flexibility index (Phi) is 10.1. The van der Waals surface area contributed by atoms with Crippen molar-refractivity contribution in [3.05, 3.63) is 0 Å². The van der Waals surface area contributed by atoms with E-state index in [1.165, 1.54) is 37.1 Å². The first-order valence-corrected chi connectivity index (χ1v) is 8.17. The zero-order chi connectivity index (χ0) is 14.2. The van der Waals surface area contributed by atoms with Crippen LogP contribution in [0.4, 0.5) is 0 Å². The van der Waals surface area contributed by atoms with Gasteiger partial charge in [0.1, 0.15) is 5.60 Å². The number of halogens is 1. The topological polar surface area (TPSA) is 20.2 Å². The van der Waals surface area contributed by atoms with E-state index in [-0.39, 0.29) is 24.0 Å². The van der Waals surface area contributed by atoms with Crippen molar-refractivity contribution in [1.82, 2.24) is 0 Å². The monoisotopic (exact) mass is 393 g/mol. The molecule has 1 N–H and O–H groups in total. The summed E-state index contributed by atoms with van der Waals surface area (Å²) >= 11 is 0. The highest BCUT2D eigenvalue weighted by atomic mass is 127. The maximum Gasteiger partial charge on any atom is 0.125 e. The first kappa shape index (κ1) is 20.2. The van der Waals surface area contributed by atoms with Crippen molar-refractivity contribution in [2.45, 2.75) is 71.3 Å². The third-order valence-corrected chi connectivity index (χ3v) is 4.95. The summed E-state index contributed by atoms with van der Waals surface area (Å²) in [5.41, 5.74) is -0.662. The van der Waals surface area contributed by atoms with Crippen LogP contribution in [0.5, 0.6) is 0 Å². The Morgan fingerprint density at radius 2 is 1.55 bits per heavy atom. The molecule has 0 saturated heterocycles. The maximum absolute atomic E-state index is 10.3. The number of nitrogens with zero attached hydrogens (tertiary/aromatic N) is 1. The quantitative estimate of drug-likeness (QED) is 0.299. The van der Waals surface area contributed by atoms with E-state index in [0.29, 0.717) is 0 Å². The van der Waals surface area contributed by atoms with Crippen molar-refractivity contribution in [3.8, 4) is 11.8 Å². The fourth-order valence-electron chi connectivity index (χ4n) is 3.14. The highest BCUT2D eigenvalue weighted by Gasteiger charge is 2.26. The van der Waals surface area contributed by atoms with E-state index < -0.39 is 5.60 Å². The Labute approximate surface area is 142 Å². The van der Waals surface area contributed by atoms with Gasteiger partial charge < -0.3 is 33.6 Å². The summed E-state index contributed by atoms with van der Waals surface area (Å²) in [6.07, 6.45) is 7.35. The van der Waals surface area contributed by atoms with Gasteiger partial charge in [-0.15, -0.1) is 5.92 Å². The van der Waals surface area contributed by atoms with Crippen LogP contribution in [-0.2, 0) is 0 Å². The van der Waals surface area contributed by atoms with Crippen molar-refractivity contribution in [2.24, 2.45) is 0 Å². The summed E-state index contributed by atoms with van der Waals surface area (Å²) in [5, 5.41) is 10.3. The highest BCUT2D eigenvalue weighted by molar-refractivity contribution is 5.14. The van der Waals surface area contributed by atoms with Crippen LogP contribution in [-0.4, -0.2) is 41.4 Å². The highest BCUT2D eigenvalue weighted by Crippen LogP contribution is 2.27. The predicted molar refractivity (Wildman–Crippen MR) is 81.8 cm³/mol. The van der Waals surface area contributed by atoms with Crippen LogP contribution >= 0.6 is 0 Å². The zero-order valence-electron chi connectivity index (χ0n) is 13.6. The molecule has 0 bridgehead atoms. The Morgan fingerprint density at radius 3 is 2.05 bits per heavy atom.